The van der Waals surface area contributed by atoms with Crippen molar-refractivity contribution in [1.29, 1.82) is 0 Å². The van der Waals surface area contributed by atoms with Gasteiger partial charge in [0.15, 0.2) is 5.78 Å². The van der Waals surface area contributed by atoms with E-state index in [2.05, 4.69) is 4.98 Å². The fourth-order valence-corrected chi connectivity index (χ4v) is 2.25. The smallest absolute Gasteiger partial charge is 0.157 e. The van der Waals surface area contributed by atoms with Crippen LogP contribution in [0.2, 0.25) is 0 Å². The molecule has 0 radical (unpaired) electrons. The van der Waals surface area contributed by atoms with Gasteiger partial charge in [-0.15, -0.1) is 0 Å². The molecule has 0 spiro atoms. The number of ether oxygens (including phenoxy) is 1. The number of imidazole rings is 1. The molecule has 0 aliphatic heterocycles. The van der Waals surface area contributed by atoms with Gasteiger partial charge in [-0.1, -0.05) is 12.1 Å². The summed E-state index contributed by atoms with van der Waals surface area (Å²) in [4.78, 5) is 16.6. The van der Waals surface area contributed by atoms with Crippen molar-refractivity contribution in [2.75, 3.05) is 13.7 Å². The summed E-state index contributed by atoms with van der Waals surface area (Å²) < 4.78 is 6.92. The number of fused-ring (bicyclic) bond motifs is 1. The Kier molecular flexibility index (Phi) is 4.87. The number of aryl methyl sites for hydroxylation is 1. The topological polar surface area (TPSA) is 70.1 Å². The van der Waals surface area contributed by atoms with Gasteiger partial charge >= 0.3 is 0 Å². The van der Waals surface area contributed by atoms with Crippen LogP contribution in [0, 0.1) is 0 Å². The number of ketones is 1. The fourth-order valence-electron chi connectivity index (χ4n) is 2.25. The summed E-state index contributed by atoms with van der Waals surface area (Å²) in [7, 11) is 3.57. The van der Waals surface area contributed by atoms with E-state index in [4.69, 9.17) is 10.5 Å². The van der Waals surface area contributed by atoms with Gasteiger partial charge in [0.25, 0.3) is 0 Å². The van der Waals surface area contributed by atoms with Crippen LogP contribution in [-0.4, -0.2) is 35.1 Å². The minimum absolute atomic E-state index is 0.0273. The summed E-state index contributed by atoms with van der Waals surface area (Å²) in [5, 5.41) is 0. The van der Waals surface area contributed by atoms with E-state index in [1.54, 1.807) is 7.11 Å². The number of Topliss-reactive ketones (excluding diaryl/α,β-unsaturated/α-hetero) is 1. The van der Waals surface area contributed by atoms with E-state index in [0.717, 1.165) is 23.3 Å². The number of carbonyl (C=O) groups is 1. The third-order valence-electron chi connectivity index (χ3n) is 3.49. The highest BCUT2D eigenvalue weighted by molar-refractivity contribution is 5.86. The van der Waals surface area contributed by atoms with Crippen LogP contribution in [0.25, 0.3) is 11.0 Å². The first kappa shape index (κ1) is 14.7. The first-order chi connectivity index (χ1) is 9.63. The minimum atomic E-state index is -0.440. The monoisotopic (exact) mass is 275 g/mol. The van der Waals surface area contributed by atoms with E-state index in [9.17, 15) is 4.79 Å². The zero-order valence-corrected chi connectivity index (χ0v) is 12.0. The van der Waals surface area contributed by atoms with Gasteiger partial charge in [-0.05, 0) is 25.0 Å². The maximum Gasteiger partial charge on any atom is 0.157 e. The zero-order chi connectivity index (χ0) is 14.5. The van der Waals surface area contributed by atoms with Gasteiger partial charge in [-0.25, -0.2) is 4.98 Å². The average Bonchev–Trinajstić information content (AvgIpc) is 2.76. The van der Waals surface area contributed by atoms with E-state index in [0.29, 0.717) is 13.0 Å². The molecular weight excluding hydrogens is 254 g/mol. The third-order valence-corrected chi connectivity index (χ3v) is 3.49. The number of carbonyl (C=O) groups excluding carboxylic acids is 1. The van der Waals surface area contributed by atoms with E-state index in [1.165, 1.54) is 0 Å². The van der Waals surface area contributed by atoms with Crippen LogP contribution in [0.1, 0.15) is 18.7 Å². The summed E-state index contributed by atoms with van der Waals surface area (Å²) in [6.45, 7) is 0.632. The van der Waals surface area contributed by atoms with Crippen molar-refractivity contribution in [3.63, 3.8) is 0 Å². The van der Waals surface area contributed by atoms with Crippen LogP contribution in [-0.2, 0) is 23.0 Å². The molecule has 1 atom stereocenters. The van der Waals surface area contributed by atoms with Crippen LogP contribution in [0.15, 0.2) is 24.3 Å². The number of nitrogens with zero attached hydrogens (tertiary/aromatic N) is 2. The van der Waals surface area contributed by atoms with Crippen molar-refractivity contribution in [3.8, 4) is 0 Å². The molecule has 1 heterocycles. The number of aromatic nitrogens is 2. The van der Waals surface area contributed by atoms with Crippen molar-refractivity contribution in [2.45, 2.75) is 25.3 Å². The molecule has 0 aliphatic carbocycles. The predicted molar refractivity (Wildman–Crippen MR) is 78.5 cm³/mol. The lowest BCUT2D eigenvalue weighted by Crippen LogP contribution is -2.32. The molecule has 0 amide bonds. The Morgan fingerprint density at radius 1 is 1.45 bits per heavy atom. The van der Waals surface area contributed by atoms with Gasteiger partial charge in [0.2, 0.25) is 0 Å². The Bertz CT molecular complexity index is 592. The van der Waals surface area contributed by atoms with Gasteiger partial charge in [0.1, 0.15) is 5.82 Å². The molecule has 0 aliphatic rings. The first-order valence-corrected chi connectivity index (χ1v) is 6.81. The molecule has 1 aromatic carbocycles. The van der Waals surface area contributed by atoms with Gasteiger partial charge in [0, 0.05) is 20.8 Å². The van der Waals surface area contributed by atoms with Crippen molar-refractivity contribution in [2.24, 2.45) is 12.8 Å². The SMILES string of the molecule is COCCCC(N)C(=O)Cc1nc2ccccc2n1C. The molecule has 108 valence electrons. The Balaban J connectivity index is 2.04. The summed E-state index contributed by atoms with van der Waals surface area (Å²) in [5.74, 6) is 0.790. The molecular formula is C15H21N3O2. The number of hydrogen-bond donors (Lipinski definition) is 1. The number of nitrogens with two attached hydrogens (primary N) is 1. The number of rotatable bonds is 7. The minimum Gasteiger partial charge on any atom is -0.385 e. The Morgan fingerprint density at radius 3 is 2.90 bits per heavy atom. The molecule has 2 N–H and O–H groups in total. The van der Waals surface area contributed by atoms with Gasteiger partial charge in [-0.3, -0.25) is 4.79 Å². The quantitative estimate of drug-likeness (QED) is 0.776. The number of para-hydroxylation sites is 2. The van der Waals surface area contributed by atoms with Gasteiger partial charge < -0.3 is 15.0 Å². The average molecular weight is 275 g/mol. The Hall–Kier alpha value is -1.72. The fraction of sp³-hybridized carbons (Fsp3) is 0.467. The summed E-state index contributed by atoms with van der Waals surface area (Å²) in [6, 6.07) is 7.41. The molecule has 1 unspecified atom stereocenters. The maximum atomic E-state index is 12.1. The molecule has 0 bridgehead atoms. The predicted octanol–water partition coefficient (Wildman–Crippen LogP) is 1.44. The van der Waals surface area contributed by atoms with Crippen LogP contribution in [0.3, 0.4) is 0 Å². The molecule has 20 heavy (non-hydrogen) atoms. The van der Waals surface area contributed by atoms with E-state index >= 15 is 0 Å². The molecule has 2 aromatic rings. The highest BCUT2D eigenvalue weighted by atomic mass is 16.5. The molecule has 5 heteroatoms. The van der Waals surface area contributed by atoms with E-state index in [-0.39, 0.29) is 12.2 Å². The molecule has 1 aromatic heterocycles. The first-order valence-electron chi connectivity index (χ1n) is 6.81. The van der Waals surface area contributed by atoms with Crippen molar-refractivity contribution in [3.05, 3.63) is 30.1 Å². The zero-order valence-electron chi connectivity index (χ0n) is 12.0. The molecule has 0 fully saturated rings. The highest BCUT2D eigenvalue weighted by Gasteiger charge is 2.17. The summed E-state index contributed by atoms with van der Waals surface area (Å²) in [6.07, 6.45) is 1.72. The molecule has 5 nitrogen and oxygen atoms in total. The second-order valence-corrected chi connectivity index (χ2v) is 4.96. The largest absolute Gasteiger partial charge is 0.385 e. The molecule has 2 rings (SSSR count). The van der Waals surface area contributed by atoms with Crippen molar-refractivity contribution in [1.82, 2.24) is 9.55 Å². The Labute approximate surface area is 118 Å². The molecule has 0 saturated heterocycles. The standard InChI is InChI=1S/C15H21N3O2/c1-18-13-8-4-3-7-12(13)17-15(18)10-14(19)11(16)6-5-9-20-2/h3-4,7-8,11H,5-6,9-10,16H2,1-2H3. The Morgan fingerprint density at radius 2 is 2.20 bits per heavy atom. The molecule has 0 saturated carbocycles. The number of benzene rings is 1. The van der Waals surface area contributed by atoms with Crippen LogP contribution >= 0.6 is 0 Å². The van der Waals surface area contributed by atoms with Crippen LogP contribution < -0.4 is 5.73 Å². The van der Waals surface area contributed by atoms with Crippen LogP contribution in [0.5, 0.6) is 0 Å². The van der Waals surface area contributed by atoms with Crippen LogP contribution in [0.4, 0.5) is 0 Å². The van der Waals surface area contributed by atoms with Gasteiger partial charge in [0.05, 0.1) is 23.5 Å². The highest BCUT2D eigenvalue weighted by Crippen LogP contribution is 2.15. The van der Waals surface area contributed by atoms with Crippen molar-refractivity contribution < 1.29 is 9.53 Å². The number of methoxy groups -OCH3 is 1. The van der Waals surface area contributed by atoms with E-state index in [1.807, 2.05) is 35.9 Å². The third kappa shape index (κ3) is 3.23. The lowest BCUT2D eigenvalue weighted by Gasteiger charge is -2.10. The number of hydrogen-bond acceptors (Lipinski definition) is 4. The lowest BCUT2D eigenvalue weighted by molar-refractivity contribution is -0.120. The maximum absolute atomic E-state index is 12.1. The summed E-state index contributed by atoms with van der Waals surface area (Å²) >= 11 is 0. The lowest BCUT2D eigenvalue weighted by atomic mass is 10.1. The van der Waals surface area contributed by atoms with Gasteiger partial charge in [-0.2, -0.15) is 0 Å². The normalized spacial score (nSPS) is 12.8. The summed E-state index contributed by atoms with van der Waals surface area (Å²) in [5.41, 5.74) is 7.85. The second-order valence-electron chi connectivity index (χ2n) is 4.96. The second kappa shape index (κ2) is 6.63. The van der Waals surface area contributed by atoms with E-state index < -0.39 is 6.04 Å². The van der Waals surface area contributed by atoms with Crippen molar-refractivity contribution >= 4 is 16.8 Å².